The highest BCUT2D eigenvalue weighted by molar-refractivity contribution is 9.10. The SMILES string of the molecule is CC(=O)Nc1cccc(CNc2ncc(Br)c3c2CC(C)O3)c1. The zero-order valence-electron chi connectivity index (χ0n) is 13.0. The number of anilines is 2. The normalized spacial score (nSPS) is 15.7. The molecule has 2 aromatic rings. The second-order valence-electron chi connectivity index (χ2n) is 5.63. The van der Waals surface area contributed by atoms with E-state index < -0.39 is 0 Å². The van der Waals surface area contributed by atoms with E-state index in [1.54, 1.807) is 6.20 Å². The number of ether oxygens (including phenoxy) is 1. The van der Waals surface area contributed by atoms with Crippen molar-refractivity contribution in [3.05, 3.63) is 46.1 Å². The maximum Gasteiger partial charge on any atom is 0.221 e. The van der Waals surface area contributed by atoms with Gasteiger partial charge in [-0.2, -0.15) is 0 Å². The van der Waals surface area contributed by atoms with Crippen molar-refractivity contribution in [1.82, 2.24) is 4.98 Å². The van der Waals surface area contributed by atoms with Gasteiger partial charge in [-0.05, 0) is 40.5 Å². The van der Waals surface area contributed by atoms with E-state index in [4.69, 9.17) is 4.74 Å². The molecule has 0 radical (unpaired) electrons. The molecule has 6 heteroatoms. The van der Waals surface area contributed by atoms with Gasteiger partial charge in [-0.1, -0.05) is 12.1 Å². The maximum atomic E-state index is 11.1. The number of hydrogen-bond acceptors (Lipinski definition) is 4. The molecule has 0 saturated carbocycles. The third-order valence-corrected chi connectivity index (χ3v) is 4.17. The molecule has 0 aliphatic carbocycles. The highest BCUT2D eigenvalue weighted by atomic mass is 79.9. The van der Waals surface area contributed by atoms with Gasteiger partial charge in [0.2, 0.25) is 5.91 Å². The number of nitrogens with zero attached hydrogens (tertiary/aromatic N) is 1. The van der Waals surface area contributed by atoms with Gasteiger partial charge >= 0.3 is 0 Å². The van der Waals surface area contributed by atoms with E-state index in [1.807, 2.05) is 31.2 Å². The molecule has 5 nitrogen and oxygen atoms in total. The first kappa shape index (κ1) is 15.8. The van der Waals surface area contributed by atoms with E-state index in [2.05, 4.69) is 31.5 Å². The maximum absolute atomic E-state index is 11.1. The van der Waals surface area contributed by atoms with Crippen LogP contribution >= 0.6 is 15.9 Å². The zero-order valence-corrected chi connectivity index (χ0v) is 14.6. The van der Waals surface area contributed by atoms with Gasteiger partial charge in [-0.3, -0.25) is 4.79 Å². The van der Waals surface area contributed by atoms with Crippen molar-refractivity contribution in [1.29, 1.82) is 0 Å². The number of carbonyl (C=O) groups excluding carboxylic acids is 1. The molecular weight excluding hydrogens is 358 g/mol. The second-order valence-corrected chi connectivity index (χ2v) is 6.48. The smallest absolute Gasteiger partial charge is 0.221 e. The summed E-state index contributed by atoms with van der Waals surface area (Å²) in [7, 11) is 0. The lowest BCUT2D eigenvalue weighted by molar-refractivity contribution is -0.114. The van der Waals surface area contributed by atoms with Crippen molar-refractivity contribution < 1.29 is 9.53 Å². The summed E-state index contributed by atoms with van der Waals surface area (Å²) in [6.45, 7) is 4.18. The van der Waals surface area contributed by atoms with Crippen molar-refractivity contribution in [2.75, 3.05) is 10.6 Å². The van der Waals surface area contributed by atoms with Crippen LogP contribution in [-0.2, 0) is 17.8 Å². The fraction of sp³-hybridized carbons (Fsp3) is 0.294. The van der Waals surface area contributed by atoms with Crippen molar-refractivity contribution in [3.63, 3.8) is 0 Å². The van der Waals surface area contributed by atoms with Crippen molar-refractivity contribution >= 4 is 33.3 Å². The van der Waals surface area contributed by atoms with Crippen LogP contribution in [0.5, 0.6) is 5.75 Å². The molecule has 1 amide bonds. The van der Waals surface area contributed by atoms with Gasteiger partial charge in [-0.25, -0.2) is 4.98 Å². The minimum absolute atomic E-state index is 0.0753. The minimum atomic E-state index is -0.0753. The number of halogens is 1. The van der Waals surface area contributed by atoms with Crippen molar-refractivity contribution in [2.24, 2.45) is 0 Å². The Morgan fingerprint density at radius 1 is 1.48 bits per heavy atom. The molecule has 1 atom stereocenters. The van der Waals surface area contributed by atoms with Gasteiger partial charge in [0.1, 0.15) is 17.7 Å². The number of amides is 1. The number of fused-ring (bicyclic) bond motifs is 1. The van der Waals surface area contributed by atoms with E-state index in [9.17, 15) is 4.79 Å². The van der Waals surface area contributed by atoms with E-state index in [1.165, 1.54) is 6.92 Å². The first-order chi connectivity index (χ1) is 11.0. The van der Waals surface area contributed by atoms with Crippen LogP contribution in [0.15, 0.2) is 34.9 Å². The number of hydrogen-bond donors (Lipinski definition) is 2. The average Bonchev–Trinajstić information content (AvgIpc) is 2.89. The molecule has 23 heavy (non-hydrogen) atoms. The lowest BCUT2D eigenvalue weighted by atomic mass is 10.1. The third kappa shape index (κ3) is 3.64. The Balaban J connectivity index is 1.75. The summed E-state index contributed by atoms with van der Waals surface area (Å²) in [5.74, 6) is 1.65. The highest BCUT2D eigenvalue weighted by Crippen LogP contribution is 2.39. The Labute approximate surface area is 143 Å². The van der Waals surface area contributed by atoms with Gasteiger partial charge in [0.15, 0.2) is 0 Å². The third-order valence-electron chi connectivity index (χ3n) is 3.60. The van der Waals surface area contributed by atoms with Crippen LogP contribution < -0.4 is 15.4 Å². The van der Waals surface area contributed by atoms with Crippen molar-refractivity contribution in [3.8, 4) is 5.75 Å². The predicted molar refractivity (Wildman–Crippen MR) is 93.8 cm³/mol. The van der Waals surface area contributed by atoms with Crippen LogP contribution in [0.3, 0.4) is 0 Å². The topological polar surface area (TPSA) is 63.2 Å². The Morgan fingerprint density at radius 3 is 3.09 bits per heavy atom. The molecule has 0 spiro atoms. The van der Waals surface area contributed by atoms with Crippen LogP contribution in [0, 0.1) is 0 Å². The molecule has 120 valence electrons. The number of pyridine rings is 1. The van der Waals surface area contributed by atoms with Crippen LogP contribution in [-0.4, -0.2) is 17.0 Å². The number of nitrogens with one attached hydrogen (secondary N) is 2. The summed E-state index contributed by atoms with van der Waals surface area (Å²) in [5.41, 5.74) is 2.97. The molecule has 0 bridgehead atoms. The zero-order chi connectivity index (χ0) is 16.4. The van der Waals surface area contributed by atoms with Crippen LogP contribution in [0.1, 0.15) is 25.0 Å². The molecule has 1 aliphatic heterocycles. The molecular formula is C17H18BrN3O2. The number of carbonyl (C=O) groups is 1. The highest BCUT2D eigenvalue weighted by Gasteiger charge is 2.25. The lowest BCUT2D eigenvalue weighted by Gasteiger charge is -2.11. The number of benzene rings is 1. The molecule has 3 rings (SSSR count). The van der Waals surface area contributed by atoms with E-state index >= 15 is 0 Å². The fourth-order valence-corrected chi connectivity index (χ4v) is 3.09. The molecule has 2 heterocycles. The van der Waals surface area contributed by atoms with Gasteiger partial charge in [0.05, 0.1) is 4.47 Å². The van der Waals surface area contributed by atoms with Crippen LogP contribution in [0.2, 0.25) is 0 Å². The quantitative estimate of drug-likeness (QED) is 0.854. The number of aromatic nitrogens is 1. The molecule has 1 aromatic heterocycles. The summed E-state index contributed by atoms with van der Waals surface area (Å²) < 4.78 is 6.70. The number of rotatable bonds is 4. The summed E-state index contributed by atoms with van der Waals surface area (Å²) in [5, 5.41) is 6.15. The van der Waals surface area contributed by atoms with Gasteiger partial charge in [0.25, 0.3) is 0 Å². The standard InChI is InChI=1S/C17H18BrN3O2/c1-10-6-14-16(23-10)15(18)9-20-17(14)19-8-12-4-3-5-13(7-12)21-11(2)22/h3-5,7,9-10H,6,8H2,1-2H3,(H,19,20)(H,21,22). The van der Waals surface area contributed by atoms with E-state index in [0.29, 0.717) is 6.54 Å². The van der Waals surface area contributed by atoms with E-state index in [-0.39, 0.29) is 12.0 Å². The monoisotopic (exact) mass is 375 g/mol. The van der Waals surface area contributed by atoms with Crippen LogP contribution in [0.4, 0.5) is 11.5 Å². The van der Waals surface area contributed by atoms with E-state index in [0.717, 1.165) is 39.3 Å². The molecule has 0 saturated heterocycles. The first-order valence-electron chi connectivity index (χ1n) is 7.47. The molecule has 1 aromatic carbocycles. The van der Waals surface area contributed by atoms with Gasteiger partial charge < -0.3 is 15.4 Å². The van der Waals surface area contributed by atoms with Gasteiger partial charge in [0, 0.05) is 37.3 Å². The largest absolute Gasteiger partial charge is 0.489 e. The summed E-state index contributed by atoms with van der Waals surface area (Å²) in [4.78, 5) is 15.6. The molecule has 1 unspecified atom stereocenters. The molecule has 2 N–H and O–H groups in total. The minimum Gasteiger partial charge on any atom is -0.489 e. The molecule has 0 fully saturated rings. The summed E-state index contributed by atoms with van der Waals surface area (Å²) in [6.07, 6.45) is 2.76. The Hall–Kier alpha value is -2.08. The lowest BCUT2D eigenvalue weighted by Crippen LogP contribution is -2.08. The Bertz CT molecular complexity index is 749. The van der Waals surface area contributed by atoms with Crippen molar-refractivity contribution in [2.45, 2.75) is 32.9 Å². The summed E-state index contributed by atoms with van der Waals surface area (Å²) in [6, 6.07) is 7.76. The first-order valence-corrected chi connectivity index (χ1v) is 8.26. The predicted octanol–water partition coefficient (Wildman–Crippen LogP) is 3.74. The summed E-state index contributed by atoms with van der Waals surface area (Å²) >= 11 is 3.48. The Kier molecular flexibility index (Phi) is 4.52. The van der Waals surface area contributed by atoms with Gasteiger partial charge in [-0.15, -0.1) is 0 Å². The average molecular weight is 376 g/mol. The fourth-order valence-electron chi connectivity index (χ4n) is 2.66. The Morgan fingerprint density at radius 2 is 2.30 bits per heavy atom. The second kappa shape index (κ2) is 6.58. The van der Waals surface area contributed by atoms with Crippen LogP contribution in [0.25, 0.3) is 0 Å². The molecule has 1 aliphatic rings.